The molecule has 0 spiro atoms. The van der Waals surface area contributed by atoms with Gasteiger partial charge in [0, 0.05) is 39.9 Å². The molecule has 8 heteroatoms. The van der Waals surface area contributed by atoms with E-state index in [1.54, 1.807) is 27.6 Å². The van der Waals surface area contributed by atoms with Gasteiger partial charge in [-0.2, -0.15) is 10.2 Å². The van der Waals surface area contributed by atoms with Gasteiger partial charge in [0.15, 0.2) is 0 Å². The highest BCUT2D eigenvalue weighted by Gasteiger charge is 2.27. The Kier molecular flexibility index (Phi) is 4.08. The van der Waals surface area contributed by atoms with Gasteiger partial charge in [-0.1, -0.05) is 0 Å². The van der Waals surface area contributed by atoms with E-state index in [9.17, 15) is 4.79 Å². The fourth-order valence-electron chi connectivity index (χ4n) is 3.02. The van der Waals surface area contributed by atoms with Crippen LogP contribution in [0.4, 0.5) is 5.69 Å². The summed E-state index contributed by atoms with van der Waals surface area (Å²) in [6.07, 6.45) is 3.59. The van der Waals surface area contributed by atoms with Gasteiger partial charge in [-0.15, -0.1) is 0 Å². The highest BCUT2D eigenvalue weighted by Crippen LogP contribution is 2.24. The maximum absolute atomic E-state index is 12.4. The molecule has 0 unspecified atom stereocenters. The van der Waals surface area contributed by atoms with Crippen molar-refractivity contribution in [2.75, 3.05) is 31.6 Å². The molecule has 1 aliphatic rings. The molecule has 0 atom stereocenters. The van der Waals surface area contributed by atoms with E-state index in [0.29, 0.717) is 19.6 Å². The number of carbonyl (C=O) groups is 1. The first-order chi connectivity index (χ1) is 11.0. The summed E-state index contributed by atoms with van der Waals surface area (Å²) in [5, 5.41) is 8.52. The van der Waals surface area contributed by atoms with Crippen molar-refractivity contribution in [3.8, 4) is 5.88 Å². The van der Waals surface area contributed by atoms with Gasteiger partial charge in [-0.25, -0.2) is 4.68 Å². The Labute approximate surface area is 135 Å². The summed E-state index contributed by atoms with van der Waals surface area (Å²) < 4.78 is 8.87. The van der Waals surface area contributed by atoms with Crippen LogP contribution in [0.15, 0.2) is 12.4 Å². The number of ether oxygens (including phenoxy) is 1. The molecule has 2 aromatic heterocycles. The SMILES string of the molecule is COc1c(CN2CCN(c3cnn(C)c3)C(=O)C2)c(C)nn1C. The fourth-order valence-corrected chi connectivity index (χ4v) is 3.02. The van der Waals surface area contributed by atoms with Crippen molar-refractivity contribution < 1.29 is 9.53 Å². The number of methoxy groups -OCH3 is 1. The number of carbonyl (C=O) groups excluding carboxylic acids is 1. The molecule has 1 saturated heterocycles. The fraction of sp³-hybridized carbons (Fsp3) is 0.533. The second kappa shape index (κ2) is 6.04. The van der Waals surface area contributed by atoms with Crippen molar-refractivity contribution in [1.29, 1.82) is 0 Å². The van der Waals surface area contributed by atoms with Gasteiger partial charge >= 0.3 is 0 Å². The standard InChI is InChI=1S/C15H22N6O2/c1-11-13(15(23-4)19(3)17-11)9-20-5-6-21(14(22)10-20)12-7-16-18(2)8-12/h7-8H,5-6,9-10H2,1-4H3. The maximum atomic E-state index is 12.4. The number of aromatic nitrogens is 4. The zero-order valence-corrected chi connectivity index (χ0v) is 14.0. The minimum absolute atomic E-state index is 0.0877. The molecule has 0 N–H and O–H groups in total. The molecule has 0 aromatic carbocycles. The lowest BCUT2D eigenvalue weighted by atomic mass is 10.2. The second-order valence-corrected chi connectivity index (χ2v) is 5.83. The lowest BCUT2D eigenvalue weighted by Gasteiger charge is -2.33. The van der Waals surface area contributed by atoms with Crippen LogP contribution in [0, 0.1) is 6.92 Å². The van der Waals surface area contributed by atoms with E-state index in [2.05, 4.69) is 15.1 Å². The number of hydrogen-bond donors (Lipinski definition) is 0. The van der Waals surface area contributed by atoms with Crippen LogP contribution in [0.3, 0.4) is 0 Å². The molecular weight excluding hydrogens is 296 g/mol. The lowest BCUT2D eigenvalue weighted by molar-refractivity contribution is -0.121. The quantitative estimate of drug-likeness (QED) is 0.812. The molecule has 23 heavy (non-hydrogen) atoms. The van der Waals surface area contributed by atoms with Gasteiger partial charge in [0.25, 0.3) is 0 Å². The van der Waals surface area contributed by atoms with Crippen molar-refractivity contribution in [1.82, 2.24) is 24.5 Å². The van der Waals surface area contributed by atoms with Crippen molar-refractivity contribution in [2.24, 2.45) is 14.1 Å². The molecule has 2 aromatic rings. The molecule has 1 amide bonds. The number of amides is 1. The highest BCUT2D eigenvalue weighted by molar-refractivity contribution is 5.95. The van der Waals surface area contributed by atoms with Gasteiger partial charge in [0.1, 0.15) is 0 Å². The van der Waals surface area contributed by atoms with Crippen LogP contribution < -0.4 is 9.64 Å². The van der Waals surface area contributed by atoms with Crippen LogP contribution in [-0.2, 0) is 25.4 Å². The smallest absolute Gasteiger partial charge is 0.241 e. The summed E-state index contributed by atoms with van der Waals surface area (Å²) in [6.45, 7) is 4.47. The minimum Gasteiger partial charge on any atom is -0.481 e. The molecule has 0 aliphatic carbocycles. The van der Waals surface area contributed by atoms with Gasteiger partial charge < -0.3 is 9.64 Å². The Balaban J connectivity index is 1.70. The maximum Gasteiger partial charge on any atom is 0.241 e. The van der Waals surface area contributed by atoms with Crippen LogP contribution in [0.25, 0.3) is 0 Å². The van der Waals surface area contributed by atoms with Crippen molar-refractivity contribution in [3.63, 3.8) is 0 Å². The largest absolute Gasteiger partial charge is 0.481 e. The van der Waals surface area contributed by atoms with Crippen molar-refractivity contribution >= 4 is 11.6 Å². The third-order valence-electron chi connectivity index (χ3n) is 4.17. The van der Waals surface area contributed by atoms with E-state index in [-0.39, 0.29) is 5.91 Å². The van der Waals surface area contributed by atoms with E-state index in [0.717, 1.165) is 29.4 Å². The molecular formula is C15H22N6O2. The van der Waals surface area contributed by atoms with E-state index >= 15 is 0 Å². The Morgan fingerprint density at radius 3 is 2.70 bits per heavy atom. The molecule has 8 nitrogen and oxygen atoms in total. The van der Waals surface area contributed by atoms with Crippen molar-refractivity contribution in [2.45, 2.75) is 13.5 Å². The molecule has 0 bridgehead atoms. The van der Waals surface area contributed by atoms with Crippen LogP contribution in [0.5, 0.6) is 5.88 Å². The van der Waals surface area contributed by atoms with Crippen molar-refractivity contribution in [3.05, 3.63) is 23.7 Å². The monoisotopic (exact) mass is 318 g/mol. The number of rotatable bonds is 4. The van der Waals surface area contributed by atoms with E-state index < -0.39 is 0 Å². The van der Waals surface area contributed by atoms with Gasteiger partial charge in [-0.05, 0) is 6.92 Å². The summed E-state index contributed by atoms with van der Waals surface area (Å²) in [6, 6.07) is 0. The van der Waals surface area contributed by atoms with Gasteiger partial charge in [0.05, 0.1) is 36.8 Å². The van der Waals surface area contributed by atoms with Gasteiger partial charge in [-0.3, -0.25) is 14.4 Å². The normalized spacial score (nSPS) is 16.2. The molecule has 1 aliphatic heterocycles. The number of nitrogens with zero attached hydrogens (tertiary/aromatic N) is 6. The number of aryl methyl sites for hydroxylation is 3. The second-order valence-electron chi connectivity index (χ2n) is 5.83. The average Bonchev–Trinajstić information content (AvgIpc) is 3.03. The third-order valence-corrected chi connectivity index (χ3v) is 4.17. The molecule has 3 rings (SSSR count). The molecule has 0 saturated carbocycles. The third kappa shape index (κ3) is 2.94. The summed E-state index contributed by atoms with van der Waals surface area (Å²) in [7, 11) is 5.36. The highest BCUT2D eigenvalue weighted by atomic mass is 16.5. The number of hydrogen-bond acceptors (Lipinski definition) is 5. The van der Waals surface area contributed by atoms with E-state index in [4.69, 9.17) is 4.74 Å². The van der Waals surface area contributed by atoms with Crippen LogP contribution in [-0.4, -0.2) is 57.1 Å². The summed E-state index contributed by atoms with van der Waals surface area (Å²) >= 11 is 0. The number of anilines is 1. The van der Waals surface area contributed by atoms with Gasteiger partial charge in [0.2, 0.25) is 11.8 Å². The summed E-state index contributed by atoms with van der Waals surface area (Å²) in [5.41, 5.74) is 2.83. The molecule has 3 heterocycles. The topological polar surface area (TPSA) is 68.4 Å². The van der Waals surface area contributed by atoms with E-state index in [1.165, 1.54) is 0 Å². The molecule has 0 radical (unpaired) electrons. The van der Waals surface area contributed by atoms with Crippen LogP contribution in [0.1, 0.15) is 11.3 Å². The average molecular weight is 318 g/mol. The summed E-state index contributed by atoms with van der Waals surface area (Å²) in [4.78, 5) is 16.4. The first kappa shape index (κ1) is 15.5. The molecule has 1 fully saturated rings. The van der Waals surface area contributed by atoms with Crippen LogP contribution in [0.2, 0.25) is 0 Å². The summed E-state index contributed by atoms with van der Waals surface area (Å²) in [5.74, 6) is 0.842. The first-order valence-electron chi connectivity index (χ1n) is 7.57. The zero-order valence-electron chi connectivity index (χ0n) is 14.0. The number of piperazine rings is 1. The predicted octanol–water partition coefficient (Wildman–Crippen LogP) is 0.319. The minimum atomic E-state index is 0.0877. The van der Waals surface area contributed by atoms with Crippen LogP contribution >= 0.6 is 0 Å². The van der Waals surface area contributed by atoms with E-state index in [1.807, 2.05) is 27.2 Å². The Hall–Kier alpha value is -2.35. The molecule has 124 valence electrons. The Morgan fingerprint density at radius 1 is 1.30 bits per heavy atom. The first-order valence-corrected chi connectivity index (χ1v) is 7.57. The Morgan fingerprint density at radius 2 is 2.09 bits per heavy atom. The lowest BCUT2D eigenvalue weighted by Crippen LogP contribution is -2.50. The zero-order chi connectivity index (χ0) is 16.6. The Bertz CT molecular complexity index is 720. The predicted molar refractivity (Wildman–Crippen MR) is 85.3 cm³/mol.